The number of rotatable bonds is 8. The van der Waals surface area contributed by atoms with E-state index in [1.54, 1.807) is 42.5 Å². The Labute approximate surface area is 185 Å². The Balaban J connectivity index is 1.96. The number of benzene rings is 3. The van der Waals surface area contributed by atoms with E-state index >= 15 is 0 Å². The van der Waals surface area contributed by atoms with Crippen LogP contribution in [0.5, 0.6) is 5.75 Å². The molecular weight excluding hydrogens is 434 g/mol. The minimum atomic E-state index is -4.27. The Bertz CT molecular complexity index is 1190. The van der Waals surface area contributed by atoms with E-state index < -0.39 is 26.1 Å². The number of para-hydroxylation sites is 1. The number of amides is 1. The number of nitrogens with one attached hydrogen (secondary N) is 1. The van der Waals surface area contributed by atoms with Gasteiger partial charge in [-0.25, -0.2) is 8.42 Å². The Morgan fingerprint density at radius 3 is 2.09 bits per heavy atom. The Hall–Kier alpha value is -3.92. The number of sulfone groups is 1. The molecule has 3 aromatic rings. The molecule has 1 atom stereocenters. The van der Waals surface area contributed by atoms with Crippen LogP contribution < -0.4 is 15.0 Å². The van der Waals surface area contributed by atoms with Crippen LogP contribution in [0.4, 0.5) is 17.1 Å². The highest BCUT2D eigenvalue weighted by Crippen LogP contribution is 2.25. The summed E-state index contributed by atoms with van der Waals surface area (Å²) >= 11 is 0. The standard InChI is InChI=1S/C22H21N3O6S/c1-24(2)17-10-14-20(15-11-17)32(29,30)22(21(26)23-16-6-4-3-5-7-16)31-19-12-8-18(9-13-19)25(27)28/h3-15,22H,1-2H3,(H,23,26). The van der Waals surface area contributed by atoms with Crippen molar-refractivity contribution in [2.75, 3.05) is 24.3 Å². The lowest BCUT2D eigenvalue weighted by molar-refractivity contribution is -0.384. The van der Waals surface area contributed by atoms with E-state index in [0.29, 0.717) is 5.69 Å². The Morgan fingerprint density at radius 1 is 0.969 bits per heavy atom. The highest BCUT2D eigenvalue weighted by atomic mass is 32.2. The van der Waals surface area contributed by atoms with Crippen molar-refractivity contribution >= 4 is 32.8 Å². The molecule has 3 rings (SSSR count). The molecule has 3 aromatic carbocycles. The zero-order chi connectivity index (χ0) is 23.3. The summed E-state index contributed by atoms with van der Waals surface area (Å²) in [6.45, 7) is 0. The summed E-state index contributed by atoms with van der Waals surface area (Å²) < 4.78 is 32.2. The molecule has 0 aliphatic heterocycles. The molecule has 0 fully saturated rings. The normalized spacial score (nSPS) is 11.9. The molecule has 0 bridgehead atoms. The van der Waals surface area contributed by atoms with Crippen LogP contribution in [0.3, 0.4) is 0 Å². The van der Waals surface area contributed by atoms with Crippen LogP contribution in [-0.4, -0.2) is 38.8 Å². The van der Waals surface area contributed by atoms with Crippen LogP contribution in [0.1, 0.15) is 0 Å². The van der Waals surface area contributed by atoms with Crippen molar-refractivity contribution in [3.63, 3.8) is 0 Å². The second kappa shape index (κ2) is 9.48. The van der Waals surface area contributed by atoms with Gasteiger partial charge in [0.25, 0.3) is 17.0 Å². The molecule has 0 aliphatic rings. The number of nitro groups is 1. The quantitative estimate of drug-likeness (QED) is 0.408. The number of hydrogen-bond donors (Lipinski definition) is 1. The van der Waals surface area contributed by atoms with Gasteiger partial charge in [0.05, 0.1) is 9.82 Å². The third kappa shape index (κ3) is 5.22. The van der Waals surface area contributed by atoms with Crippen LogP contribution in [0.2, 0.25) is 0 Å². The molecule has 10 heteroatoms. The van der Waals surface area contributed by atoms with Crippen LogP contribution in [0.15, 0.2) is 83.8 Å². The highest BCUT2D eigenvalue weighted by Gasteiger charge is 2.36. The average Bonchev–Trinajstić information content (AvgIpc) is 2.78. The molecule has 32 heavy (non-hydrogen) atoms. The van der Waals surface area contributed by atoms with E-state index in [9.17, 15) is 23.3 Å². The van der Waals surface area contributed by atoms with E-state index in [1.807, 2.05) is 19.0 Å². The number of nitro benzene ring substituents is 1. The maximum absolute atomic E-state index is 13.3. The second-order valence-electron chi connectivity index (χ2n) is 6.99. The lowest BCUT2D eigenvalue weighted by Crippen LogP contribution is -2.40. The van der Waals surface area contributed by atoms with Crippen LogP contribution in [-0.2, 0) is 14.6 Å². The number of non-ortho nitro benzene ring substituents is 1. The zero-order valence-corrected chi connectivity index (χ0v) is 18.2. The summed E-state index contributed by atoms with van der Waals surface area (Å²) in [5.74, 6) is -0.900. The molecule has 0 radical (unpaired) electrons. The molecule has 0 saturated carbocycles. The third-order valence-corrected chi connectivity index (χ3v) is 6.31. The van der Waals surface area contributed by atoms with E-state index in [-0.39, 0.29) is 16.3 Å². The summed E-state index contributed by atoms with van der Waals surface area (Å²) in [6, 6.07) is 19.2. The molecule has 9 nitrogen and oxygen atoms in total. The maximum Gasteiger partial charge on any atom is 0.281 e. The lowest BCUT2D eigenvalue weighted by atomic mass is 10.3. The monoisotopic (exact) mass is 455 g/mol. The summed E-state index contributed by atoms with van der Waals surface area (Å²) in [7, 11) is -0.641. The van der Waals surface area contributed by atoms with E-state index in [4.69, 9.17) is 4.74 Å². The topological polar surface area (TPSA) is 119 Å². The van der Waals surface area contributed by atoms with Gasteiger partial charge >= 0.3 is 0 Å². The second-order valence-corrected chi connectivity index (χ2v) is 8.98. The molecule has 166 valence electrons. The molecule has 0 spiro atoms. The zero-order valence-electron chi connectivity index (χ0n) is 17.3. The first-order valence-electron chi connectivity index (χ1n) is 9.47. The van der Waals surface area contributed by atoms with Gasteiger partial charge in [-0.05, 0) is 48.5 Å². The van der Waals surface area contributed by atoms with Gasteiger partial charge in [-0.1, -0.05) is 18.2 Å². The van der Waals surface area contributed by atoms with E-state index in [1.165, 1.54) is 36.4 Å². The first-order valence-corrected chi connectivity index (χ1v) is 11.0. The smallest absolute Gasteiger partial charge is 0.281 e. The third-order valence-electron chi connectivity index (χ3n) is 4.51. The molecule has 1 N–H and O–H groups in total. The van der Waals surface area contributed by atoms with Crippen molar-refractivity contribution in [1.29, 1.82) is 0 Å². The fourth-order valence-corrected chi connectivity index (χ4v) is 4.15. The predicted molar refractivity (Wildman–Crippen MR) is 121 cm³/mol. The molecule has 0 heterocycles. The largest absolute Gasteiger partial charge is 0.464 e. The molecule has 0 aliphatic carbocycles. The summed E-state index contributed by atoms with van der Waals surface area (Å²) in [4.78, 5) is 24.9. The summed E-state index contributed by atoms with van der Waals surface area (Å²) in [6.07, 6.45) is 0. The predicted octanol–water partition coefficient (Wildman–Crippen LogP) is 3.48. The van der Waals surface area contributed by atoms with Crippen molar-refractivity contribution in [3.05, 3.63) is 89.0 Å². The van der Waals surface area contributed by atoms with Gasteiger partial charge in [0.2, 0.25) is 9.84 Å². The molecule has 1 unspecified atom stereocenters. The SMILES string of the molecule is CN(C)c1ccc(S(=O)(=O)C(Oc2ccc([N+](=O)[O-])cc2)C(=O)Nc2ccccc2)cc1. The number of nitrogens with zero attached hydrogens (tertiary/aromatic N) is 2. The fraction of sp³-hybridized carbons (Fsp3) is 0.136. The van der Waals surface area contributed by atoms with E-state index in [0.717, 1.165) is 5.69 Å². The number of anilines is 2. The van der Waals surface area contributed by atoms with E-state index in [2.05, 4.69) is 5.32 Å². The van der Waals surface area contributed by atoms with Crippen molar-refractivity contribution in [1.82, 2.24) is 0 Å². The van der Waals surface area contributed by atoms with Gasteiger partial charge in [0.1, 0.15) is 5.75 Å². The van der Waals surface area contributed by atoms with Crippen molar-refractivity contribution < 1.29 is 22.9 Å². The minimum Gasteiger partial charge on any atom is -0.464 e. The summed E-state index contributed by atoms with van der Waals surface area (Å²) in [5, 5.41) is 13.4. The maximum atomic E-state index is 13.3. The molecule has 0 aromatic heterocycles. The number of carbonyl (C=O) groups excluding carboxylic acids is 1. The van der Waals surface area contributed by atoms with Gasteiger partial charge in [-0.3, -0.25) is 14.9 Å². The first-order chi connectivity index (χ1) is 15.2. The first kappa shape index (κ1) is 22.8. The van der Waals surface area contributed by atoms with Gasteiger partial charge in [0.15, 0.2) is 0 Å². The van der Waals surface area contributed by atoms with Crippen molar-refractivity contribution in [2.24, 2.45) is 0 Å². The fourth-order valence-electron chi connectivity index (χ4n) is 2.81. The van der Waals surface area contributed by atoms with Crippen LogP contribution in [0.25, 0.3) is 0 Å². The van der Waals surface area contributed by atoms with Gasteiger partial charge in [-0.2, -0.15) is 0 Å². The van der Waals surface area contributed by atoms with Gasteiger partial charge in [0, 0.05) is 37.6 Å². The lowest BCUT2D eigenvalue weighted by Gasteiger charge is -2.20. The van der Waals surface area contributed by atoms with Gasteiger partial charge in [-0.15, -0.1) is 0 Å². The van der Waals surface area contributed by atoms with Crippen molar-refractivity contribution in [3.8, 4) is 5.75 Å². The Morgan fingerprint density at radius 2 is 1.56 bits per heavy atom. The highest BCUT2D eigenvalue weighted by molar-refractivity contribution is 7.92. The minimum absolute atomic E-state index is 0.00250. The number of hydrogen-bond acceptors (Lipinski definition) is 7. The molecular formula is C22H21N3O6S. The Kier molecular flexibility index (Phi) is 6.74. The number of ether oxygens (including phenoxy) is 1. The molecule has 1 amide bonds. The van der Waals surface area contributed by atoms with Gasteiger partial charge < -0.3 is 15.0 Å². The average molecular weight is 455 g/mol. The number of carbonyl (C=O) groups is 1. The van der Waals surface area contributed by atoms with Crippen LogP contribution in [0, 0.1) is 10.1 Å². The van der Waals surface area contributed by atoms with Crippen molar-refractivity contribution in [2.45, 2.75) is 10.3 Å². The van der Waals surface area contributed by atoms with Crippen LogP contribution >= 0.6 is 0 Å². The molecule has 0 saturated heterocycles. The summed E-state index contributed by atoms with van der Waals surface area (Å²) in [5.41, 5.74) is -0.933.